The molecule has 102 valence electrons. The summed E-state index contributed by atoms with van der Waals surface area (Å²) in [6.45, 7) is 1.96. The van der Waals surface area contributed by atoms with Crippen molar-refractivity contribution in [1.29, 1.82) is 0 Å². The van der Waals surface area contributed by atoms with Gasteiger partial charge in [-0.25, -0.2) is 4.98 Å². The van der Waals surface area contributed by atoms with E-state index in [1.165, 1.54) is 10.8 Å². The van der Waals surface area contributed by atoms with Crippen molar-refractivity contribution in [1.82, 2.24) is 9.88 Å². The molecule has 1 heterocycles. The molecule has 4 nitrogen and oxygen atoms in total. The van der Waals surface area contributed by atoms with Crippen molar-refractivity contribution in [2.75, 3.05) is 51.5 Å². The van der Waals surface area contributed by atoms with E-state index < -0.39 is 0 Å². The highest BCUT2D eigenvalue weighted by atomic mass is 15.1. The first-order valence-corrected chi connectivity index (χ1v) is 6.52. The number of hydrogen-bond donors (Lipinski definition) is 1. The number of nitrogens with zero attached hydrogens (tertiary/aromatic N) is 3. The molecule has 19 heavy (non-hydrogen) atoms. The minimum absolute atomic E-state index is 0.941. The Morgan fingerprint density at radius 2 is 1.89 bits per heavy atom. The van der Waals surface area contributed by atoms with Crippen LogP contribution in [-0.2, 0) is 0 Å². The van der Waals surface area contributed by atoms with Gasteiger partial charge < -0.3 is 15.1 Å². The van der Waals surface area contributed by atoms with Crippen molar-refractivity contribution < 1.29 is 0 Å². The van der Waals surface area contributed by atoms with Gasteiger partial charge >= 0.3 is 0 Å². The Bertz CT molecular complexity index is 549. The topological polar surface area (TPSA) is 31.4 Å². The number of rotatable bonds is 5. The number of anilines is 2. The second-order valence-electron chi connectivity index (χ2n) is 5.19. The Kier molecular flexibility index (Phi) is 4.22. The minimum Gasteiger partial charge on any atom is -0.384 e. The van der Waals surface area contributed by atoms with Crippen LogP contribution in [0.4, 0.5) is 11.5 Å². The number of nitrogens with one attached hydrogen (secondary N) is 1. The first-order chi connectivity index (χ1) is 9.08. The SMILES string of the molecule is CN(C)CCNc1ccc2ccnc(N(C)C)c2c1. The van der Waals surface area contributed by atoms with Crippen LogP contribution < -0.4 is 10.2 Å². The van der Waals surface area contributed by atoms with Gasteiger partial charge in [0.2, 0.25) is 0 Å². The third kappa shape index (κ3) is 3.35. The van der Waals surface area contributed by atoms with Gasteiger partial charge in [-0.15, -0.1) is 0 Å². The lowest BCUT2D eigenvalue weighted by Gasteiger charge is -2.15. The van der Waals surface area contributed by atoms with Gasteiger partial charge in [0, 0.05) is 44.5 Å². The van der Waals surface area contributed by atoms with Crippen molar-refractivity contribution in [3.63, 3.8) is 0 Å². The Hall–Kier alpha value is -1.81. The van der Waals surface area contributed by atoms with Gasteiger partial charge in [0.25, 0.3) is 0 Å². The van der Waals surface area contributed by atoms with Gasteiger partial charge in [-0.1, -0.05) is 6.07 Å². The van der Waals surface area contributed by atoms with E-state index in [2.05, 4.69) is 47.5 Å². The van der Waals surface area contributed by atoms with E-state index >= 15 is 0 Å². The predicted octanol–water partition coefficient (Wildman–Crippen LogP) is 2.27. The molecule has 1 aromatic carbocycles. The van der Waals surface area contributed by atoms with E-state index in [-0.39, 0.29) is 0 Å². The zero-order valence-electron chi connectivity index (χ0n) is 12.1. The molecule has 0 aliphatic rings. The van der Waals surface area contributed by atoms with Crippen molar-refractivity contribution in [2.24, 2.45) is 0 Å². The molecular weight excluding hydrogens is 236 g/mol. The zero-order chi connectivity index (χ0) is 13.8. The molecule has 2 aromatic rings. The molecule has 0 fully saturated rings. The van der Waals surface area contributed by atoms with Gasteiger partial charge in [0.15, 0.2) is 0 Å². The Morgan fingerprint density at radius 1 is 1.11 bits per heavy atom. The average molecular weight is 258 g/mol. The van der Waals surface area contributed by atoms with Crippen molar-refractivity contribution in [3.8, 4) is 0 Å². The molecule has 1 aromatic heterocycles. The molecule has 0 bridgehead atoms. The second kappa shape index (κ2) is 5.89. The normalized spacial score (nSPS) is 11.0. The molecule has 0 saturated heterocycles. The monoisotopic (exact) mass is 258 g/mol. The molecule has 2 rings (SSSR count). The van der Waals surface area contributed by atoms with Crippen LogP contribution in [0.3, 0.4) is 0 Å². The second-order valence-corrected chi connectivity index (χ2v) is 5.19. The maximum atomic E-state index is 4.45. The molecular formula is C15H22N4. The first-order valence-electron chi connectivity index (χ1n) is 6.52. The van der Waals surface area contributed by atoms with Gasteiger partial charge in [0.1, 0.15) is 5.82 Å². The first kappa shape index (κ1) is 13.6. The largest absolute Gasteiger partial charge is 0.384 e. The Balaban J connectivity index is 2.25. The summed E-state index contributed by atoms with van der Waals surface area (Å²) in [5.41, 5.74) is 1.14. The van der Waals surface area contributed by atoms with Crippen LogP contribution in [0.15, 0.2) is 30.5 Å². The Labute approximate surface area is 115 Å². The van der Waals surface area contributed by atoms with E-state index in [4.69, 9.17) is 0 Å². The minimum atomic E-state index is 0.941. The summed E-state index contributed by atoms with van der Waals surface area (Å²) in [6.07, 6.45) is 1.86. The van der Waals surface area contributed by atoms with Crippen LogP contribution in [0.1, 0.15) is 0 Å². The van der Waals surface area contributed by atoms with Gasteiger partial charge in [-0.3, -0.25) is 0 Å². The molecule has 0 saturated carbocycles. The maximum absolute atomic E-state index is 4.45. The zero-order valence-corrected chi connectivity index (χ0v) is 12.1. The van der Waals surface area contributed by atoms with Crippen molar-refractivity contribution in [3.05, 3.63) is 30.5 Å². The number of hydrogen-bond acceptors (Lipinski definition) is 4. The van der Waals surface area contributed by atoms with Gasteiger partial charge in [-0.2, -0.15) is 0 Å². The molecule has 0 spiro atoms. The van der Waals surface area contributed by atoms with Crippen LogP contribution in [0.2, 0.25) is 0 Å². The smallest absolute Gasteiger partial charge is 0.135 e. The summed E-state index contributed by atoms with van der Waals surface area (Å²) < 4.78 is 0. The third-order valence-corrected chi connectivity index (χ3v) is 3.06. The number of aromatic nitrogens is 1. The molecule has 0 amide bonds. The fourth-order valence-corrected chi connectivity index (χ4v) is 2.04. The van der Waals surface area contributed by atoms with E-state index in [9.17, 15) is 0 Å². The van der Waals surface area contributed by atoms with Crippen LogP contribution in [0.5, 0.6) is 0 Å². The van der Waals surface area contributed by atoms with Crippen molar-refractivity contribution >= 4 is 22.3 Å². The number of benzene rings is 1. The summed E-state index contributed by atoms with van der Waals surface area (Å²) in [4.78, 5) is 8.66. The molecule has 4 heteroatoms. The number of pyridine rings is 1. The number of fused-ring (bicyclic) bond motifs is 1. The fraction of sp³-hybridized carbons (Fsp3) is 0.400. The van der Waals surface area contributed by atoms with Gasteiger partial charge in [-0.05, 0) is 37.7 Å². The highest BCUT2D eigenvalue weighted by Crippen LogP contribution is 2.25. The summed E-state index contributed by atoms with van der Waals surface area (Å²) in [5.74, 6) is 1.01. The lowest BCUT2D eigenvalue weighted by Crippen LogP contribution is -2.20. The van der Waals surface area contributed by atoms with E-state index in [0.717, 1.165) is 24.6 Å². The Morgan fingerprint density at radius 3 is 2.58 bits per heavy atom. The summed E-state index contributed by atoms with van der Waals surface area (Å²) in [6, 6.07) is 8.48. The quantitative estimate of drug-likeness (QED) is 0.891. The molecule has 0 aliphatic heterocycles. The molecule has 0 radical (unpaired) electrons. The fourth-order valence-electron chi connectivity index (χ4n) is 2.04. The summed E-state index contributed by atoms with van der Waals surface area (Å²) >= 11 is 0. The maximum Gasteiger partial charge on any atom is 0.135 e. The van der Waals surface area contributed by atoms with Crippen molar-refractivity contribution in [2.45, 2.75) is 0 Å². The lowest BCUT2D eigenvalue weighted by atomic mass is 10.1. The predicted molar refractivity (Wildman–Crippen MR) is 83.1 cm³/mol. The molecule has 0 atom stereocenters. The molecule has 1 N–H and O–H groups in total. The third-order valence-electron chi connectivity index (χ3n) is 3.06. The molecule has 0 aliphatic carbocycles. The molecule has 0 unspecified atom stereocenters. The summed E-state index contributed by atoms with van der Waals surface area (Å²) in [7, 11) is 8.20. The summed E-state index contributed by atoms with van der Waals surface area (Å²) in [5, 5.41) is 5.85. The van der Waals surface area contributed by atoms with Crippen LogP contribution in [0, 0.1) is 0 Å². The lowest BCUT2D eigenvalue weighted by molar-refractivity contribution is 0.425. The van der Waals surface area contributed by atoms with E-state index in [1.54, 1.807) is 0 Å². The van der Waals surface area contributed by atoms with Gasteiger partial charge in [0.05, 0.1) is 0 Å². The van der Waals surface area contributed by atoms with Crippen LogP contribution in [-0.4, -0.2) is 51.2 Å². The van der Waals surface area contributed by atoms with Crippen LogP contribution in [0.25, 0.3) is 10.8 Å². The highest BCUT2D eigenvalue weighted by molar-refractivity contribution is 5.94. The van der Waals surface area contributed by atoms with E-state index in [1.807, 2.05) is 31.3 Å². The van der Waals surface area contributed by atoms with E-state index in [0.29, 0.717) is 0 Å². The number of likely N-dealkylation sites (N-methyl/N-ethyl adjacent to an activating group) is 1. The van der Waals surface area contributed by atoms with Crippen LogP contribution >= 0.6 is 0 Å². The standard InChI is InChI=1S/C15H22N4/c1-18(2)10-9-16-13-6-5-12-7-8-17-15(19(3)4)14(12)11-13/h5-8,11,16H,9-10H2,1-4H3. The average Bonchev–Trinajstić information content (AvgIpc) is 2.37. The highest BCUT2D eigenvalue weighted by Gasteiger charge is 2.05.